The van der Waals surface area contributed by atoms with Crippen LogP contribution in [0.3, 0.4) is 0 Å². The minimum absolute atomic E-state index is 0.0781. The topological polar surface area (TPSA) is 47.0 Å². The summed E-state index contributed by atoms with van der Waals surface area (Å²) in [7, 11) is 0. The molecule has 1 N–H and O–H groups in total. The Kier molecular flexibility index (Phi) is 2.84. The van der Waals surface area contributed by atoms with Crippen LogP contribution in [0.25, 0.3) is 10.8 Å². The Bertz CT molecular complexity index is 581. The zero-order valence-corrected chi connectivity index (χ0v) is 10.9. The highest BCUT2D eigenvalue weighted by Gasteiger charge is 2.30. The second-order valence-corrected chi connectivity index (χ2v) is 5.23. The molecule has 2 aromatic rings. The maximum Gasteiger partial charge on any atom is 0.159 e. The highest BCUT2D eigenvalue weighted by Crippen LogP contribution is 2.29. The lowest BCUT2D eigenvalue weighted by molar-refractivity contribution is 0.185. The van der Waals surface area contributed by atoms with Gasteiger partial charge in [-0.25, -0.2) is 0 Å². The van der Waals surface area contributed by atoms with Crippen LogP contribution in [0.2, 0.25) is 5.15 Å². The third kappa shape index (κ3) is 2.02. The molecule has 0 aliphatic carbocycles. The molecule has 1 aliphatic rings. The maximum absolute atomic E-state index is 6.05. The number of fused-ring (bicyclic) bond motifs is 1. The van der Waals surface area contributed by atoms with Crippen LogP contribution in [0.1, 0.15) is 13.3 Å². The van der Waals surface area contributed by atoms with E-state index in [9.17, 15) is 0 Å². The van der Waals surface area contributed by atoms with Crippen molar-refractivity contribution in [3.8, 4) is 0 Å². The molecule has 0 amide bonds. The van der Waals surface area contributed by atoms with E-state index in [0.717, 1.165) is 29.6 Å². The van der Waals surface area contributed by atoms with Crippen LogP contribution < -0.4 is 5.32 Å². The molecule has 2 heterocycles. The molecule has 1 aromatic carbocycles. The summed E-state index contributed by atoms with van der Waals surface area (Å²) in [5.41, 5.74) is -0.0781. The molecule has 0 bridgehead atoms. The molecule has 1 fully saturated rings. The van der Waals surface area contributed by atoms with Gasteiger partial charge in [0.15, 0.2) is 11.0 Å². The molecule has 1 atom stereocenters. The van der Waals surface area contributed by atoms with Gasteiger partial charge in [-0.1, -0.05) is 35.9 Å². The van der Waals surface area contributed by atoms with Crippen molar-refractivity contribution in [3.05, 3.63) is 29.4 Å². The number of anilines is 1. The van der Waals surface area contributed by atoms with E-state index >= 15 is 0 Å². The lowest BCUT2D eigenvalue weighted by Gasteiger charge is -2.24. The second kappa shape index (κ2) is 4.37. The van der Waals surface area contributed by atoms with Gasteiger partial charge < -0.3 is 10.1 Å². The van der Waals surface area contributed by atoms with Crippen LogP contribution in [0.15, 0.2) is 24.3 Å². The van der Waals surface area contributed by atoms with E-state index in [4.69, 9.17) is 16.3 Å². The molecule has 0 radical (unpaired) electrons. The lowest BCUT2D eigenvalue weighted by atomic mass is 10.0. The summed E-state index contributed by atoms with van der Waals surface area (Å²) in [6.45, 7) is 3.60. The Hall–Kier alpha value is -1.39. The molecule has 18 heavy (non-hydrogen) atoms. The summed E-state index contributed by atoms with van der Waals surface area (Å²) >= 11 is 6.05. The molecule has 1 saturated heterocycles. The van der Waals surface area contributed by atoms with E-state index < -0.39 is 0 Å². The first-order chi connectivity index (χ1) is 8.68. The molecule has 5 heteroatoms. The minimum atomic E-state index is -0.0781. The summed E-state index contributed by atoms with van der Waals surface area (Å²) in [5.74, 6) is 0.767. The van der Waals surface area contributed by atoms with Crippen LogP contribution in [-0.2, 0) is 4.74 Å². The van der Waals surface area contributed by atoms with Crippen molar-refractivity contribution < 1.29 is 4.74 Å². The number of rotatable bonds is 2. The Morgan fingerprint density at radius 1 is 1.28 bits per heavy atom. The van der Waals surface area contributed by atoms with E-state index in [1.54, 1.807) is 0 Å². The number of hydrogen-bond acceptors (Lipinski definition) is 4. The standard InChI is InChI=1S/C13H14ClN3O/c1-13(6-7-18-8-13)15-12-10-5-3-2-4-9(10)11(14)16-17-12/h2-5H,6-8H2,1H3,(H,15,17). The fourth-order valence-electron chi connectivity index (χ4n) is 2.21. The zero-order valence-electron chi connectivity index (χ0n) is 10.1. The van der Waals surface area contributed by atoms with Crippen LogP contribution in [0, 0.1) is 0 Å². The fourth-order valence-corrected chi connectivity index (χ4v) is 2.42. The average Bonchev–Trinajstić information content (AvgIpc) is 2.80. The van der Waals surface area contributed by atoms with Gasteiger partial charge in [-0.05, 0) is 13.3 Å². The minimum Gasteiger partial charge on any atom is -0.379 e. The van der Waals surface area contributed by atoms with E-state index in [1.807, 2.05) is 24.3 Å². The molecule has 1 unspecified atom stereocenters. The highest BCUT2D eigenvalue weighted by molar-refractivity contribution is 6.34. The van der Waals surface area contributed by atoms with Crippen molar-refractivity contribution in [3.63, 3.8) is 0 Å². The highest BCUT2D eigenvalue weighted by atomic mass is 35.5. The first kappa shape index (κ1) is 11.7. The third-order valence-electron chi connectivity index (χ3n) is 3.28. The second-order valence-electron chi connectivity index (χ2n) is 4.87. The van der Waals surface area contributed by atoms with Gasteiger partial charge in [0.05, 0.1) is 12.1 Å². The summed E-state index contributed by atoms with van der Waals surface area (Å²) in [6.07, 6.45) is 0.964. The number of hydrogen-bond donors (Lipinski definition) is 1. The first-order valence-electron chi connectivity index (χ1n) is 5.95. The van der Waals surface area contributed by atoms with E-state index in [-0.39, 0.29) is 5.54 Å². The number of halogens is 1. The van der Waals surface area contributed by atoms with Crippen molar-refractivity contribution in [2.45, 2.75) is 18.9 Å². The molecule has 0 saturated carbocycles. The van der Waals surface area contributed by atoms with Gasteiger partial charge in [0.25, 0.3) is 0 Å². The van der Waals surface area contributed by atoms with Crippen molar-refractivity contribution in [2.24, 2.45) is 0 Å². The molecular weight excluding hydrogens is 250 g/mol. The van der Waals surface area contributed by atoms with Gasteiger partial charge in [0.2, 0.25) is 0 Å². The van der Waals surface area contributed by atoms with Crippen molar-refractivity contribution in [2.75, 3.05) is 18.5 Å². The Balaban J connectivity index is 2.04. The van der Waals surface area contributed by atoms with E-state index in [1.165, 1.54) is 0 Å². The average molecular weight is 264 g/mol. The number of benzene rings is 1. The van der Waals surface area contributed by atoms with Crippen LogP contribution >= 0.6 is 11.6 Å². The fraction of sp³-hybridized carbons (Fsp3) is 0.385. The van der Waals surface area contributed by atoms with Crippen molar-refractivity contribution in [1.29, 1.82) is 0 Å². The molecule has 94 valence electrons. The van der Waals surface area contributed by atoms with Crippen molar-refractivity contribution >= 4 is 28.2 Å². The Morgan fingerprint density at radius 3 is 2.78 bits per heavy atom. The molecule has 3 rings (SSSR count). The van der Waals surface area contributed by atoms with Gasteiger partial charge in [0, 0.05) is 17.4 Å². The molecule has 1 aliphatic heterocycles. The maximum atomic E-state index is 6.05. The molecule has 1 aromatic heterocycles. The molecule has 4 nitrogen and oxygen atoms in total. The SMILES string of the molecule is CC1(Nc2nnc(Cl)c3ccccc23)CCOC1. The van der Waals surface area contributed by atoms with Gasteiger partial charge in [0.1, 0.15) is 0 Å². The van der Waals surface area contributed by atoms with Gasteiger partial charge in [-0.15, -0.1) is 10.2 Å². The Labute approximate surface area is 110 Å². The summed E-state index contributed by atoms with van der Waals surface area (Å²) in [5, 5.41) is 13.9. The number of aromatic nitrogens is 2. The third-order valence-corrected chi connectivity index (χ3v) is 3.56. The number of nitrogens with zero attached hydrogens (tertiary/aromatic N) is 2. The molecular formula is C13H14ClN3O. The van der Waals surface area contributed by atoms with E-state index in [2.05, 4.69) is 22.4 Å². The summed E-state index contributed by atoms with van der Waals surface area (Å²) < 4.78 is 5.43. The van der Waals surface area contributed by atoms with Crippen LogP contribution in [0.5, 0.6) is 0 Å². The predicted molar refractivity (Wildman–Crippen MR) is 72.0 cm³/mol. The van der Waals surface area contributed by atoms with Crippen LogP contribution in [0.4, 0.5) is 5.82 Å². The zero-order chi connectivity index (χ0) is 12.6. The van der Waals surface area contributed by atoms with Crippen molar-refractivity contribution in [1.82, 2.24) is 10.2 Å². The summed E-state index contributed by atoms with van der Waals surface area (Å²) in [6, 6.07) is 7.86. The monoisotopic (exact) mass is 263 g/mol. The first-order valence-corrected chi connectivity index (χ1v) is 6.33. The van der Waals surface area contributed by atoms with Crippen LogP contribution in [-0.4, -0.2) is 29.0 Å². The van der Waals surface area contributed by atoms with Gasteiger partial charge in [-0.2, -0.15) is 0 Å². The predicted octanol–water partition coefficient (Wildman–Crippen LogP) is 2.87. The smallest absolute Gasteiger partial charge is 0.159 e. The summed E-state index contributed by atoms with van der Waals surface area (Å²) in [4.78, 5) is 0. The lowest BCUT2D eigenvalue weighted by Crippen LogP contribution is -2.35. The number of ether oxygens (including phenoxy) is 1. The normalized spacial score (nSPS) is 23.4. The van der Waals surface area contributed by atoms with Gasteiger partial charge >= 0.3 is 0 Å². The quantitative estimate of drug-likeness (QED) is 0.905. The van der Waals surface area contributed by atoms with Gasteiger partial charge in [-0.3, -0.25) is 0 Å². The van der Waals surface area contributed by atoms with E-state index in [0.29, 0.717) is 11.8 Å². The number of nitrogens with one attached hydrogen (secondary N) is 1. The molecule has 0 spiro atoms. The Morgan fingerprint density at radius 2 is 2.06 bits per heavy atom. The largest absolute Gasteiger partial charge is 0.379 e.